The topological polar surface area (TPSA) is 60.8 Å². The van der Waals surface area contributed by atoms with Crippen molar-refractivity contribution in [3.8, 4) is 0 Å². The number of carbonyl (C=O) groups excluding carboxylic acids is 2. The second-order valence-electron chi connectivity index (χ2n) is 9.91. The largest absolute Gasteiger partial charge is 0.347 e. The number of likely N-dealkylation sites (tertiary alicyclic amines) is 1. The van der Waals surface area contributed by atoms with Crippen LogP contribution < -0.4 is 5.32 Å². The van der Waals surface area contributed by atoms with Crippen molar-refractivity contribution in [3.63, 3.8) is 0 Å². The van der Waals surface area contributed by atoms with Gasteiger partial charge in [-0.05, 0) is 78.0 Å². The van der Waals surface area contributed by atoms with Crippen molar-refractivity contribution < 1.29 is 9.59 Å². The van der Waals surface area contributed by atoms with Gasteiger partial charge in [-0.1, -0.05) is 12.1 Å². The molecule has 33 heavy (non-hydrogen) atoms. The van der Waals surface area contributed by atoms with Crippen molar-refractivity contribution in [1.29, 1.82) is 0 Å². The number of carbonyl (C=O) groups is 2. The predicted octanol–water partition coefficient (Wildman–Crippen LogP) is 3.13. The molecule has 7 nitrogen and oxygen atoms in total. The number of rotatable bonds is 7. The third-order valence-corrected chi connectivity index (χ3v) is 7.44. The van der Waals surface area contributed by atoms with E-state index in [0.717, 1.165) is 32.4 Å². The van der Waals surface area contributed by atoms with E-state index in [1.54, 1.807) is 0 Å². The molecule has 1 saturated heterocycles. The lowest BCUT2D eigenvalue weighted by Gasteiger charge is -2.45. The molecule has 1 aromatic heterocycles. The number of benzene rings is 1. The molecule has 1 aliphatic carbocycles. The van der Waals surface area contributed by atoms with Gasteiger partial charge < -0.3 is 19.7 Å². The minimum atomic E-state index is -0.265. The summed E-state index contributed by atoms with van der Waals surface area (Å²) in [6.07, 6.45) is 4.91. The summed E-state index contributed by atoms with van der Waals surface area (Å²) in [5, 5.41) is 4.23. The van der Waals surface area contributed by atoms with Crippen molar-refractivity contribution in [3.05, 3.63) is 35.5 Å². The zero-order chi connectivity index (χ0) is 23.7. The summed E-state index contributed by atoms with van der Waals surface area (Å²) in [6.45, 7) is 7.55. The number of fused-ring (bicyclic) bond motifs is 2. The van der Waals surface area contributed by atoms with Gasteiger partial charge >= 0.3 is 6.03 Å². The van der Waals surface area contributed by atoms with E-state index in [-0.39, 0.29) is 17.9 Å². The molecule has 1 fully saturated rings. The number of likely N-dealkylation sites (N-methyl/N-ethyl adjacent to an activating group) is 1. The van der Waals surface area contributed by atoms with Crippen LogP contribution in [0, 0.1) is 5.92 Å². The third kappa shape index (κ3) is 4.53. The molecule has 1 aliphatic heterocycles. The minimum absolute atomic E-state index is 0.0332. The molecular formula is C26H39N5O2. The number of aryl methyl sites for hydroxylation is 1. The molecule has 0 bridgehead atoms. The molecule has 2 aliphatic rings. The van der Waals surface area contributed by atoms with Crippen molar-refractivity contribution in [1.82, 2.24) is 24.6 Å². The van der Waals surface area contributed by atoms with Crippen LogP contribution >= 0.6 is 0 Å². The van der Waals surface area contributed by atoms with Gasteiger partial charge in [-0.3, -0.25) is 9.69 Å². The second-order valence-corrected chi connectivity index (χ2v) is 9.91. The first-order valence-electron chi connectivity index (χ1n) is 12.4. The Kier molecular flexibility index (Phi) is 7.10. The highest BCUT2D eigenvalue weighted by Gasteiger charge is 2.43. The zero-order valence-corrected chi connectivity index (χ0v) is 20.8. The van der Waals surface area contributed by atoms with E-state index in [4.69, 9.17) is 0 Å². The molecule has 7 heteroatoms. The lowest BCUT2D eigenvalue weighted by atomic mass is 9.72. The lowest BCUT2D eigenvalue weighted by Crippen LogP contribution is -2.54. The first kappa shape index (κ1) is 23.8. The maximum Gasteiger partial charge on any atom is 0.324 e. The average Bonchev–Trinajstić information content (AvgIpc) is 3.16. The fourth-order valence-corrected chi connectivity index (χ4v) is 5.88. The van der Waals surface area contributed by atoms with Crippen LogP contribution in [0.3, 0.4) is 0 Å². The molecule has 0 saturated carbocycles. The summed E-state index contributed by atoms with van der Waals surface area (Å²) in [7, 11) is 6.16. The highest BCUT2D eigenvalue weighted by molar-refractivity contribution is 5.96. The number of aromatic nitrogens is 1. The number of urea groups is 1. The Morgan fingerprint density at radius 3 is 2.67 bits per heavy atom. The van der Waals surface area contributed by atoms with E-state index in [1.165, 1.54) is 26.9 Å². The fraction of sp³-hybridized carbons (Fsp3) is 0.615. The number of hydrogen-bond donors (Lipinski definition) is 1. The summed E-state index contributed by atoms with van der Waals surface area (Å²) in [6, 6.07) is 6.75. The quantitative estimate of drug-likeness (QED) is 0.700. The zero-order valence-electron chi connectivity index (χ0n) is 20.8. The molecule has 1 N–H and O–H groups in total. The summed E-state index contributed by atoms with van der Waals surface area (Å²) in [5.41, 5.74) is 4.09. The van der Waals surface area contributed by atoms with Crippen molar-refractivity contribution in [2.24, 2.45) is 5.92 Å². The monoisotopic (exact) mass is 453 g/mol. The number of hydrogen-bond acceptors (Lipinski definition) is 4. The van der Waals surface area contributed by atoms with E-state index in [2.05, 4.69) is 58.1 Å². The summed E-state index contributed by atoms with van der Waals surface area (Å²) in [4.78, 5) is 32.4. The molecule has 3 amide bonds. The fourth-order valence-electron chi connectivity index (χ4n) is 5.88. The minimum Gasteiger partial charge on any atom is -0.347 e. The first-order valence-corrected chi connectivity index (χ1v) is 12.4. The lowest BCUT2D eigenvalue weighted by molar-refractivity contribution is -0.135. The van der Waals surface area contributed by atoms with E-state index < -0.39 is 0 Å². The Morgan fingerprint density at radius 1 is 1.18 bits per heavy atom. The second kappa shape index (κ2) is 9.85. The highest BCUT2D eigenvalue weighted by Crippen LogP contribution is 2.45. The van der Waals surface area contributed by atoms with Crippen LogP contribution in [0.2, 0.25) is 0 Å². The summed E-state index contributed by atoms with van der Waals surface area (Å²) >= 11 is 0. The number of imide groups is 1. The molecule has 3 atom stereocenters. The van der Waals surface area contributed by atoms with Crippen LogP contribution in [0.4, 0.5) is 4.79 Å². The first-order chi connectivity index (χ1) is 15.8. The molecule has 4 rings (SSSR count). The highest BCUT2D eigenvalue weighted by atomic mass is 16.2. The van der Waals surface area contributed by atoms with Gasteiger partial charge in [-0.2, -0.15) is 0 Å². The maximum absolute atomic E-state index is 13.7. The van der Waals surface area contributed by atoms with E-state index in [1.807, 2.05) is 21.0 Å². The predicted molar refractivity (Wildman–Crippen MR) is 133 cm³/mol. The number of piperidine rings is 1. The van der Waals surface area contributed by atoms with Crippen molar-refractivity contribution in [2.75, 3.05) is 47.3 Å². The van der Waals surface area contributed by atoms with Crippen LogP contribution in [0.1, 0.15) is 43.7 Å². The molecule has 0 unspecified atom stereocenters. The Bertz CT molecular complexity index is 1010. The number of amides is 3. The SMILES string of the molecule is CCNC(=O)N(CCCN(C)C)C(=O)[C@@H]1C[C@@H]2c3cccc4c3c(cn4CC)C[C@H]2N(C)C1. The van der Waals surface area contributed by atoms with Gasteiger partial charge in [0.15, 0.2) is 0 Å². The smallest absolute Gasteiger partial charge is 0.324 e. The van der Waals surface area contributed by atoms with Crippen molar-refractivity contribution in [2.45, 2.75) is 51.6 Å². The van der Waals surface area contributed by atoms with E-state index >= 15 is 0 Å². The van der Waals surface area contributed by atoms with Gasteiger partial charge in [0.2, 0.25) is 5.91 Å². The molecule has 0 radical (unpaired) electrons. The van der Waals surface area contributed by atoms with Gasteiger partial charge in [0, 0.05) is 55.2 Å². The van der Waals surface area contributed by atoms with Crippen molar-refractivity contribution >= 4 is 22.8 Å². The Hall–Kier alpha value is -2.38. The number of nitrogens with one attached hydrogen (secondary N) is 1. The standard InChI is InChI=1S/C26H39N5O2/c1-6-27-26(33)31(13-9-12-28(3)4)25(32)19-14-21-20-10-8-11-22-24(20)18(17-30(22)7-2)15-23(21)29(5)16-19/h8,10-11,17,19,21,23H,6-7,9,12-16H2,1-5H3,(H,27,33)/t19-,21-,23-/m1/s1. The number of nitrogens with zero attached hydrogens (tertiary/aromatic N) is 4. The molecule has 2 heterocycles. The van der Waals surface area contributed by atoms with Gasteiger partial charge in [0.25, 0.3) is 0 Å². The molecular weight excluding hydrogens is 414 g/mol. The summed E-state index contributed by atoms with van der Waals surface area (Å²) in [5.74, 6) is 0.0943. The van der Waals surface area contributed by atoms with Gasteiger partial charge in [0.05, 0.1) is 5.92 Å². The molecule has 2 aromatic rings. The van der Waals surface area contributed by atoms with Crippen LogP contribution in [0.5, 0.6) is 0 Å². The Labute approximate surface area is 197 Å². The normalized spacial score (nSPS) is 22.4. The van der Waals surface area contributed by atoms with E-state index in [9.17, 15) is 9.59 Å². The maximum atomic E-state index is 13.7. The molecule has 1 aromatic carbocycles. The van der Waals surface area contributed by atoms with Crippen LogP contribution in [0.15, 0.2) is 24.4 Å². The van der Waals surface area contributed by atoms with Crippen LogP contribution in [0.25, 0.3) is 10.9 Å². The third-order valence-electron chi connectivity index (χ3n) is 7.44. The molecule has 180 valence electrons. The average molecular weight is 454 g/mol. The van der Waals surface area contributed by atoms with Gasteiger partial charge in [-0.25, -0.2) is 4.79 Å². The summed E-state index contributed by atoms with van der Waals surface area (Å²) < 4.78 is 2.34. The Balaban J connectivity index is 1.60. The van der Waals surface area contributed by atoms with E-state index in [0.29, 0.717) is 31.6 Å². The van der Waals surface area contributed by atoms with Gasteiger partial charge in [-0.15, -0.1) is 0 Å². The Morgan fingerprint density at radius 2 is 1.97 bits per heavy atom. The van der Waals surface area contributed by atoms with Crippen LogP contribution in [-0.2, 0) is 17.8 Å². The van der Waals surface area contributed by atoms with Crippen LogP contribution in [-0.4, -0.2) is 84.6 Å². The molecule has 0 spiro atoms. The van der Waals surface area contributed by atoms with Gasteiger partial charge in [0.1, 0.15) is 0 Å².